The minimum absolute atomic E-state index is 0.514. The average molecular weight is 246 g/mol. The summed E-state index contributed by atoms with van der Waals surface area (Å²) in [5.74, 6) is 0.747. The molecule has 1 aromatic carbocycles. The van der Waals surface area contributed by atoms with Gasteiger partial charge in [0.25, 0.3) is 0 Å². The van der Waals surface area contributed by atoms with E-state index in [0.29, 0.717) is 6.61 Å². The van der Waals surface area contributed by atoms with Gasteiger partial charge in [-0.25, -0.2) is 0 Å². The molecule has 0 bridgehead atoms. The minimum atomic E-state index is -0.514. The first-order chi connectivity index (χ1) is 8.66. The van der Waals surface area contributed by atoms with E-state index in [9.17, 15) is 5.11 Å². The number of hydrogen-bond acceptors (Lipinski definition) is 3. The highest BCUT2D eigenvalue weighted by atomic mass is 16.5. The Bertz CT molecular complexity index is 506. The van der Waals surface area contributed by atoms with Crippen LogP contribution in [-0.2, 0) is 13.5 Å². The number of aliphatic hydroxyl groups is 1. The van der Waals surface area contributed by atoms with Crippen LogP contribution in [0.15, 0.2) is 36.7 Å². The standard InChI is InChI=1S/C14H18N2O2/c1-11(17)13-5-3-4-6-14(13)18-8-7-12-9-15-16(2)10-12/h3-6,9-11,17H,7-8H2,1-2H3. The average Bonchev–Trinajstić information content (AvgIpc) is 2.75. The molecule has 0 spiro atoms. The Hall–Kier alpha value is -1.81. The topological polar surface area (TPSA) is 47.3 Å². The third kappa shape index (κ3) is 3.11. The minimum Gasteiger partial charge on any atom is -0.493 e. The van der Waals surface area contributed by atoms with E-state index in [-0.39, 0.29) is 0 Å². The molecule has 0 saturated carbocycles. The summed E-state index contributed by atoms with van der Waals surface area (Å²) in [4.78, 5) is 0. The first-order valence-electron chi connectivity index (χ1n) is 6.04. The molecule has 4 heteroatoms. The Labute approximate surface area is 107 Å². The molecule has 0 aliphatic carbocycles. The maximum Gasteiger partial charge on any atom is 0.125 e. The molecule has 2 rings (SSSR count). The maximum absolute atomic E-state index is 9.63. The van der Waals surface area contributed by atoms with Crippen molar-refractivity contribution < 1.29 is 9.84 Å². The molecule has 0 saturated heterocycles. The highest BCUT2D eigenvalue weighted by Crippen LogP contribution is 2.24. The van der Waals surface area contributed by atoms with Crippen LogP contribution in [0.1, 0.15) is 24.2 Å². The molecule has 0 fully saturated rings. The molecular formula is C14H18N2O2. The summed E-state index contributed by atoms with van der Waals surface area (Å²) in [5.41, 5.74) is 1.97. The fourth-order valence-corrected chi connectivity index (χ4v) is 1.84. The summed E-state index contributed by atoms with van der Waals surface area (Å²) in [6.45, 7) is 2.32. The molecule has 1 heterocycles. The summed E-state index contributed by atoms with van der Waals surface area (Å²) in [5, 5.41) is 13.7. The van der Waals surface area contributed by atoms with Gasteiger partial charge < -0.3 is 9.84 Å². The molecule has 0 aliphatic rings. The Kier molecular flexibility index (Phi) is 3.99. The van der Waals surface area contributed by atoms with Crippen molar-refractivity contribution in [3.63, 3.8) is 0 Å². The Morgan fingerprint density at radius 3 is 2.83 bits per heavy atom. The summed E-state index contributed by atoms with van der Waals surface area (Å²) < 4.78 is 7.49. The fourth-order valence-electron chi connectivity index (χ4n) is 1.84. The van der Waals surface area contributed by atoms with E-state index < -0.39 is 6.10 Å². The normalized spacial score (nSPS) is 12.4. The number of benzene rings is 1. The lowest BCUT2D eigenvalue weighted by molar-refractivity contribution is 0.191. The molecule has 1 atom stereocenters. The molecule has 96 valence electrons. The lowest BCUT2D eigenvalue weighted by atomic mass is 10.1. The molecule has 2 aromatic rings. The summed E-state index contributed by atoms with van der Waals surface area (Å²) in [6.07, 6.45) is 4.11. The number of aliphatic hydroxyl groups excluding tert-OH is 1. The highest BCUT2D eigenvalue weighted by Gasteiger charge is 2.08. The van der Waals surface area contributed by atoms with Gasteiger partial charge in [-0.2, -0.15) is 5.10 Å². The molecule has 18 heavy (non-hydrogen) atoms. The van der Waals surface area contributed by atoms with E-state index >= 15 is 0 Å². The third-order valence-corrected chi connectivity index (χ3v) is 2.78. The Morgan fingerprint density at radius 1 is 1.39 bits per heavy atom. The monoisotopic (exact) mass is 246 g/mol. The fraction of sp³-hybridized carbons (Fsp3) is 0.357. The number of nitrogens with zero attached hydrogens (tertiary/aromatic N) is 2. The van der Waals surface area contributed by atoms with E-state index in [1.165, 1.54) is 0 Å². The van der Waals surface area contributed by atoms with Gasteiger partial charge >= 0.3 is 0 Å². The van der Waals surface area contributed by atoms with Gasteiger partial charge in [0.2, 0.25) is 0 Å². The second-order valence-electron chi connectivity index (χ2n) is 4.33. The molecule has 1 aromatic heterocycles. The van der Waals surface area contributed by atoms with Crippen LogP contribution in [0.4, 0.5) is 0 Å². The number of aryl methyl sites for hydroxylation is 1. The van der Waals surface area contributed by atoms with E-state index in [4.69, 9.17) is 4.74 Å². The van der Waals surface area contributed by atoms with E-state index in [0.717, 1.165) is 23.3 Å². The van der Waals surface area contributed by atoms with Crippen molar-refractivity contribution in [1.82, 2.24) is 9.78 Å². The van der Waals surface area contributed by atoms with Crippen molar-refractivity contribution in [2.45, 2.75) is 19.4 Å². The van der Waals surface area contributed by atoms with Crippen LogP contribution in [-0.4, -0.2) is 21.5 Å². The van der Waals surface area contributed by atoms with Crippen molar-refractivity contribution in [3.8, 4) is 5.75 Å². The highest BCUT2D eigenvalue weighted by molar-refractivity contribution is 5.34. The van der Waals surface area contributed by atoms with Crippen LogP contribution in [0.25, 0.3) is 0 Å². The van der Waals surface area contributed by atoms with Crippen molar-refractivity contribution in [1.29, 1.82) is 0 Å². The van der Waals surface area contributed by atoms with E-state index in [1.54, 1.807) is 11.6 Å². The van der Waals surface area contributed by atoms with Crippen LogP contribution in [0, 0.1) is 0 Å². The maximum atomic E-state index is 9.63. The summed E-state index contributed by atoms with van der Waals surface area (Å²) in [6, 6.07) is 7.57. The number of para-hydroxylation sites is 1. The van der Waals surface area contributed by atoms with E-state index in [2.05, 4.69) is 5.10 Å². The second kappa shape index (κ2) is 5.69. The van der Waals surface area contributed by atoms with Crippen LogP contribution in [0.2, 0.25) is 0 Å². The zero-order valence-corrected chi connectivity index (χ0v) is 10.7. The SMILES string of the molecule is CC(O)c1ccccc1OCCc1cnn(C)c1. The Morgan fingerprint density at radius 2 is 2.17 bits per heavy atom. The zero-order chi connectivity index (χ0) is 13.0. The van der Waals surface area contributed by atoms with Crippen molar-refractivity contribution >= 4 is 0 Å². The first kappa shape index (κ1) is 12.6. The smallest absolute Gasteiger partial charge is 0.125 e. The van der Waals surface area contributed by atoms with Crippen LogP contribution in [0.3, 0.4) is 0 Å². The number of hydrogen-bond donors (Lipinski definition) is 1. The number of ether oxygens (including phenoxy) is 1. The van der Waals surface area contributed by atoms with Crippen LogP contribution < -0.4 is 4.74 Å². The van der Waals surface area contributed by atoms with Crippen LogP contribution >= 0.6 is 0 Å². The van der Waals surface area contributed by atoms with Gasteiger partial charge in [0.15, 0.2) is 0 Å². The molecule has 0 aliphatic heterocycles. The van der Waals surface area contributed by atoms with Gasteiger partial charge in [-0.3, -0.25) is 4.68 Å². The first-order valence-corrected chi connectivity index (χ1v) is 6.04. The predicted octanol–water partition coefficient (Wildman–Crippen LogP) is 2.09. The van der Waals surface area contributed by atoms with Crippen molar-refractivity contribution in [2.75, 3.05) is 6.61 Å². The van der Waals surface area contributed by atoms with Gasteiger partial charge in [-0.15, -0.1) is 0 Å². The molecule has 0 radical (unpaired) electrons. The van der Waals surface area contributed by atoms with Gasteiger partial charge in [0.1, 0.15) is 5.75 Å². The number of aromatic nitrogens is 2. The largest absolute Gasteiger partial charge is 0.493 e. The van der Waals surface area contributed by atoms with Gasteiger partial charge in [0, 0.05) is 25.2 Å². The molecule has 1 N–H and O–H groups in total. The Balaban J connectivity index is 1.94. The summed E-state index contributed by atoms with van der Waals surface area (Å²) >= 11 is 0. The second-order valence-corrected chi connectivity index (χ2v) is 4.33. The predicted molar refractivity (Wildman–Crippen MR) is 69.5 cm³/mol. The van der Waals surface area contributed by atoms with Gasteiger partial charge in [-0.1, -0.05) is 18.2 Å². The molecule has 0 amide bonds. The molecule has 4 nitrogen and oxygen atoms in total. The molecule has 1 unspecified atom stereocenters. The lowest BCUT2D eigenvalue weighted by Crippen LogP contribution is -2.04. The van der Waals surface area contributed by atoms with Gasteiger partial charge in [-0.05, 0) is 18.6 Å². The third-order valence-electron chi connectivity index (χ3n) is 2.78. The van der Waals surface area contributed by atoms with E-state index in [1.807, 2.05) is 43.7 Å². The quantitative estimate of drug-likeness (QED) is 0.878. The van der Waals surface area contributed by atoms with Crippen molar-refractivity contribution in [3.05, 3.63) is 47.8 Å². The van der Waals surface area contributed by atoms with Crippen LogP contribution in [0.5, 0.6) is 5.75 Å². The van der Waals surface area contributed by atoms with Gasteiger partial charge in [0.05, 0.1) is 18.9 Å². The van der Waals surface area contributed by atoms with Crippen molar-refractivity contribution in [2.24, 2.45) is 7.05 Å². The number of rotatable bonds is 5. The summed E-state index contributed by atoms with van der Waals surface area (Å²) in [7, 11) is 1.90. The lowest BCUT2D eigenvalue weighted by Gasteiger charge is -2.12. The molecular weight excluding hydrogens is 228 g/mol. The zero-order valence-electron chi connectivity index (χ0n) is 10.7.